The summed E-state index contributed by atoms with van der Waals surface area (Å²) in [7, 11) is -2.78. The summed E-state index contributed by atoms with van der Waals surface area (Å²) in [4.78, 5) is 27.9. The first-order chi connectivity index (χ1) is 18.0. The van der Waals surface area contributed by atoms with Crippen LogP contribution >= 0.6 is 46.4 Å². The Morgan fingerprint density at radius 3 is 2.16 bits per heavy atom. The van der Waals surface area contributed by atoms with Gasteiger partial charge in [0, 0.05) is 18.6 Å². The molecule has 0 saturated carbocycles. The van der Waals surface area contributed by atoms with Crippen LogP contribution in [-0.2, 0) is 26.2 Å². The van der Waals surface area contributed by atoms with Crippen molar-refractivity contribution in [1.82, 2.24) is 10.2 Å². The molecule has 202 valence electrons. The largest absolute Gasteiger partial charge is 0.357 e. The van der Waals surface area contributed by atoms with Crippen molar-refractivity contribution < 1.29 is 18.0 Å². The molecule has 0 aromatic heterocycles. The zero-order valence-corrected chi connectivity index (χ0v) is 24.3. The first-order valence-corrected chi connectivity index (χ1v) is 14.4. The molecule has 3 aromatic carbocycles. The first-order valence-electron chi connectivity index (χ1n) is 11.5. The summed E-state index contributed by atoms with van der Waals surface area (Å²) in [5.74, 6) is -1.03. The van der Waals surface area contributed by atoms with Gasteiger partial charge in [0.1, 0.15) is 12.6 Å². The number of anilines is 1. The normalized spacial score (nSPS) is 12.1. The van der Waals surface area contributed by atoms with Crippen LogP contribution in [0.1, 0.15) is 18.9 Å². The molecule has 3 aromatic rings. The maximum atomic E-state index is 13.9. The van der Waals surface area contributed by atoms with E-state index < -0.39 is 34.4 Å². The minimum Gasteiger partial charge on any atom is -0.357 e. The third-order valence-corrected chi connectivity index (χ3v) is 8.81. The summed E-state index contributed by atoms with van der Waals surface area (Å²) >= 11 is 24.7. The van der Waals surface area contributed by atoms with Gasteiger partial charge in [-0.2, -0.15) is 0 Å². The highest BCUT2D eigenvalue weighted by atomic mass is 35.5. The van der Waals surface area contributed by atoms with Gasteiger partial charge in [0.15, 0.2) is 0 Å². The number of rotatable bonds is 10. The number of carbonyl (C=O) groups excluding carboxylic acids is 2. The maximum absolute atomic E-state index is 13.9. The Bertz CT molecular complexity index is 1420. The van der Waals surface area contributed by atoms with Crippen molar-refractivity contribution in [3.8, 4) is 0 Å². The molecule has 0 aliphatic carbocycles. The van der Waals surface area contributed by atoms with Crippen molar-refractivity contribution in [3.63, 3.8) is 0 Å². The van der Waals surface area contributed by atoms with Crippen molar-refractivity contribution in [2.45, 2.75) is 30.8 Å². The fourth-order valence-electron chi connectivity index (χ4n) is 3.84. The number of halogens is 4. The van der Waals surface area contributed by atoms with Crippen LogP contribution in [-0.4, -0.2) is 44.8 Å². The van der Waals surface area contributed by atoms with Gasteiger partial charge in [0.2, 0.25) is 11.8 Å². The summed E-state index contributed by atoms with van der Waals surface area (Å²) in [6.45, 7) is 1.10. The highest BCUT2D eigenvalue weighted by Crippen LogP contribution is 2.33. The minimum absolute atomic E-state index is 0.0186. The fraction of sp³-hybridized carbons (Fsp3) is 0.231. The molecule has 0 spiro atoms. The zero-order chi connectivity index (χ0) is 28.0. The van der Waals surface area contributed by atoms with Crippen LogP contribution in [0.2, 0.25) is 20.1 Å². The third-order valence-electron chi connectivity index (χ3n) is 5.76. The summed E-state index contributed by atoms with van der Waals surface area (Å²) in [6, 6.07) is 15.9. The van der Waals surface area contributed by atoms with Crippen LogP contribution in [0.25, 0.3) is 0 Å². The lowest BCUT2D eigenvalue weighted by Gasteiger charge is -2.33. The van der Waals surface area contributed by atoms with Crippen molar-refractivity contribution in [1.29, 1.82) is 0 Å². The predicted octanol–water partition coefficient (Wildman–Crippen LogP) is 6.05. The molecule has 0 aliphatic rings. The van der Waals surface area contributed by atoms with Gasteiger partial charge in [0.05, 0.1) is 25.7 Å². The monoisotopic (exact) mass is 615 g/mol. The average Bonchev–Trinajstić information content (AvgIpc) is 2.89. The van der Waals surface area contributed by atoms with Crippen LogP contribution in [0.15, 0.2) is 71.6 Å². The second-order valence-corrected chi connectivity index (χ2v) is 11.7. The third kappa shape index (κ3) is 6.93. The molecule has 38 heavy (non-hydrogen) atoms. The molecule has 2 amide bonds. The molecule has 0 unspecified atom stereocenters. The van der Waals surface area contributed by atoms with E-state index in [4.69, 9.17) is 46.4 Å². The number of nitrogens with one attached hydrogen (secondary N) is 1. The molecule has 0 bridgehead atoms. The number of likely N-dealkylation sites (N-methyl/N-ethyl adjacent to an activating group) is 1. The minimum atomic E-state index is -4.24. The van der Waals surface area contributed by atoms with Crippen molar-refractivity contribution >= 4 is 73.9 Å². The molecule has 0 aliphatic heterocycles. The van der Waals surface area contributed by atoms with Crippen LogP contribution in [0.3, 0.4) is 0 Å². The summed E-state index contributed by atoms with van der Waals surface area (Å²) in [5.41, 5.74) is 0.674. The Morgan fingerprint density at radius 1 is 0.895 bits per heavy atom. The number of nitrogens with zero attached hydrogens (tertiary/aromatic N) is 2. The van der Waals surface area contributed by atoms with E-state index in [1.165, 1.54) is 42.3 Å². The molecule has 0 saturated heterocycles. The summed E-state index contributed by atoms with van der Waals surface area (Å²) < 4.78 is 28.4. The molecule has 0 heterocycles. The second kappa shape index (κ2) is 13.0. The number of hydrogen-bond acceptors (Lipinski definition) is 4. The average molecular weight is 617 g/mol. The number of carbonyl (C=O) groups is 2. The van der Waals surface area contributed by atoms with E-state index in [1.54, 1.807) is 43.3 Å². The zero-order valence-electron chi connectivity index (χ0n) is 20.5. The quantitative estimate of drug-likeness (QED) is 0.300. The topological polar surface area (TPSA) is 86.8 Å². The number of sulfonamides is 1. The van der Waals surface area contributed by atoms with E-state index in [0.29, 0.717) is 15.6 Å². The SMILES string of the molecule is CC[C@H](C(=O)NC)N(Cc1ccc(Cl)c(Cl)c1)C(=O)CN(c1ccc(Cl)cc1Cl)S(=O)(=O)c1ccccc1. The molecule has 12 heteroatoms. The second-order valence-electron chi connectivity index (χ2n) is 8.23. The van der Waals surface area contributed by atoms with E-state index in [0.717, 1.165) is 4.31 Å². The molecular formula is C26H25Cl4N3O4S. The van der Waals surface area contributed by atoms with Gasteiger partial charge in [-0.1, -0.05) is 77.6 Å². The van der Waals surface area contributed by atoms with Crippen LogP contribution < -0.4 is 9.62 Å². The maximum Gasteiger partial charge on any atom is 0.264 e. The Kier molecular flexibility index (Phi) is 10.3. The van der Waals surface area contributed by atoms with Gasteiger partial charge in [-0.05, 0) is 54.4 Å². The predicted molar refractivity (Wildman–Crippen MR) is 153 cm³/mol. The standard InChI is InChI=1S/C26H25Cl4N3O4S/c1-3-23(26(35)31-2)32(15-17-9-11-20(28)21(29)13-17)25(34)16-33(24-12-10-18(27)14-22(24)30)38(36,37)19-7-5-4-6-8-19/h4-14,23H,3,15-16H2,1-2H3,(H,31,35)/t23-/m1/s1. The van der Waals surface area contributed by atoms with Crippen LogP contribution in [0.4, 0.5) is 5.69 Å². The fourth-order valence-corrected chi connectivity index (χ4v) is 6.17. The Labute approximate surface area is 242 Å². The first kappa shape index (κ1) is 30.1. The van der Waals surface area contributed by atoms with Gasteiger partial charge in [0.25, 0.3) is 10.0 Å². The van der Waals surface area contributed by atoms with Crippen molar-refractivity contribution in [2.24, 2.45) is 0 Å². The van der Waals surface area contributed by atoms with Crippen molar-refractivity contribution in [3.05, 3.63) is 92.4 Å². The Hall–Kier alpha value is -2.49. The molecule has 7 nitrogen and oxygen atoms in total. The van der Waals surface area contributed by atoms with E-state index in [1.807, 2.05) is 0 Å². The molecule has 0 fully saturated rings. The molecule has 0 radical (unpaired) electrons. The van der Waals surface area contributed by atoms with Gasteiger partial charge in [-0.25, -0.2) is 8.42 Å². The van der Waals surface area contributed by atoms with Gasteiger partial charge in [-0.15, -0.1) is 0 Å². The lowest BCUT2D eigenvalue weighted by Crippen LogP contribution is -2.51. The number of amides is 2. The lowest BCUT2D eigenvalue weighted by atomic mass is 10.1. The molecule has 3 rings (SSSR count). The smallest absolute Gasteiger partial charge is 0.264 e. The van der Waals surface area contributed by atoms with Crippen molar-refractivity contribution in [2.75, 3.05) is 17.9 Å². The van der Waals surface area contributed by atoms with Gasteiger partial charge < -0.3 is 10.2 Å². The van der Waals surface area contributed by atoms with Gasteiger partial charge >= 0.3 is 0 Å². The van der Waals surface area contributed by atoms with Gasteiger partial charge in [-0.3, -0.25) is 13.9 Å². The van der Waals surface area contributed by atoms with Crippen LogP contribution in [0, 0.1) is 0 Å². The summed E-state index contributed by atoms with van der Waals surface area (Å²) in [6.07, 6.45) is 0.278. The van der Waals surface area contributed by atoms with E-state index >= 15 is 0 Å². The van der Waals surface area contributed by atoms with E-state index in [-0.39, 0.29) is 33.6 Å². The number of hydrogen-bond donors (Lipinski definition) is 1. The summed E-state index contributed by atoms with van der Waals surface area (Å²) in [5, 5.41) is 3.53. The highest BCUT2D eigenvalue weighted by molar-refractivity contribution is 7.92. The Balaban J connectivity index is 2.09. The number of benzene rings is 3. The lowest BCUT2D eigenvalue weighted by molar-refractivity contribution is -0.140. The van der Waals surface area contributed by atoms with Crippen LogP contribution in [0.5, 0.6) is 0 Å². The molecule has 1 atom stereocenters. The molecular weight excluding hydrogens is 592 g/mol. The molecule has 1 N–H and O–H groups in total. The van der Waals surface area contributed by atoms with E-state index in [2.05, 4.69) is 5.32 Å². The Morgan fingerprint density at radius 2 is 1.58 bits per heavy atom. The van der Waals surface area contributed by atoms with E-state index in [9.17, 15) is 18.0 Å². The highest BCUT2D eigenvalue weighted by Gasteiger charge is 2.34.